The maximum atomic E-state index is 11.5. The molecule has 21 heavy (non-hydrogen) atoms. The Bertz CT molecular complexity index is 723. The molecule has 6 heteroatoms. The number of amides is 1. The summed E-state index contributed by atoms with van der Waals surface area (Å²) in [7, 11) is 0. The van der Waals surface area contributed by atoms with Gasteiger partial charge in [0.05, 0.1) is 11.0 Å². The van der Waals surface area contributed by atoms with Crippen molar-refractivity contribution in [3.8, 4) is 0 Å². The van der Waals surface area contributed by atoms with Crippen molar-refractivity contribution in [2.24, 2.45) is 0 Å². The minimum atomic E-state index is -1.16. The Morgan fingerprint density at radius 3 is 2.62 bits per heavy atom. The summed E-state index contributed by atoms with van der Waals surface area (Å²) in [6.07, 6.45) is 1.77. The molecule has 0 aliphatic carbocycles. The quantitative estimate of drug-likeness (QED) is 0.755. The van der Waals surface area contributed by atoms with E-state index in [1.807, 2.05) is 0 Å². The number of carboxylic acids is 1. The van der Waals surface area contributed by atoms with Crippen molar-refractivity contribution in [3.05, 3.63) is 36.2 Å². The van der Waals surface area contributed by atoms with Crippen molar-refractivity contribution in [1.82, 2.24) is 9.97 Å². The topological polar surface area (TPSA) is 95.1 Å². The molecule has 0 saturated heterocycles. The number of anilines is 1. The van der Waals surface area contributed by atoms with Crippen LogP contribution in [0.1, 0.15) is 26.6 Å². The number of carbonyl (C=O) groups is 2. The summed E-state index contributed by atoms with van der Waals surface area (Å²) in [6.45, 7) is 6.18. The second-order valence-corrected chi connectivity index (χ2v) is 5.73. The maximum absolute atomic E-state index is 11.5. The largest absolute Gasteiger partial charge is 0.478 e. The van der Waals surface area contributed by atoms with Gasteiger partial charge in [0.25, 0.3) is 0 Å². The van der Waals surface area contributed by atoms with Crippen molar-refractivity contribution >= 4 is 28.6 Å². The van der Waals surface area contributed by atoms with Crippen molar-refractivity contribution in [3.63, 3.8) is 0 Å². The number of aromatic amines is 1. The molecule has 3 N–H and O–H groups in total. The third-order valence-corrected chi connectivity index (χ3v) is 2.84. The number of benzene rings is 1. The molecule has 1 amide bonds. The second kappa shape index (κ2) is 5.40. The third kappa shape index (κ3) is 3.68. The van der Waals surface area contributed by atoms with Gasteiger partial charge in [-0.1, -0.05) is 20.8 Å². The van der Waals surface area contributed by atoms with Crippen molar-refractivity contribution < 1.29 is 14.7 Å². The van der Waals surface area contributed by atoms with E-state index in [0.29, 0.717) is 5.69 Å². The number of nitrogens with one attached hydrogen (secondary N) is 2. The lowest BCUT2D eigenvalue weighted by atomic mass is 9.96. The molecule has 110 valence electrons. The molecule has 0 aliphatic heterocycles. The molecular formula is C15H17N3O3. The van der Waals surface area contributed by atoms with Gasteiger partial charge in [-0.3, -0.25) is 4.79 Å². The number of H-pyrrole nitrogens is 1. The zero-order valence-electron chi connectivity index (χ0n) is 12.1. The first-order valence-corrected chi connectivity index (χ1v) is 6.48. The SMILES string of the molecule is CC(C)(C)c1nc2ccc(NC(=O)/C=C/C(=O)O)cc2[nH]1. The number of hydrogen-bond donors (Lipinski definition) is 3. The van der Waals surface area contributed by atoms with Crippen LogP contribution in [0.25, 0.3) is 11.0 Å². The average molecular weight is 287 g/mol. The highest BCUT2D eigenvalue weighted by molar-refractivity contribution is 6.03. The minimum absolute atomic E-state index is 0.0906. The van der Waals surface area contributed by atoms with Crippen molar-refractivity contribution in [2.45, 2.75) is 26.2 Å². The molecule has 2 aromatic rings. The van der Waals surface area contributed by atoms with E-state index in [2.05, 4.69) is 36.1 Å². The standard InChI is InChI=1S/C15H17N3O3/c1-15(2,3)14-17-10-5-4-9(8-11(10)18-14)16-12(19)6-7-13(20)21/h4-8H,1-3H3,(H,16,19)(H,17,18)(H,20,21)/b7-6+. The molecule has 0 atom stereocenters. The lowest BCUT2D eigenvalue weighted by Crippen LogP contribution is -2.12. The fourth-order valence-electron chi connectivity index (χ4n) is 1.77. The molecule has 0 aliphatic rings. The summed E-state index contributed by atoms with van der Waals surface area (Å²) in [5.41, 5.74) is 2.12. The highest BCUT2D eigenvalue weighted by atomic mass is 16.4. The highest BCUT2D eigenvalue weighted by Crippen LogP contribution is 2.24. The van der Waals surface area contributed by atoms with Gasteiger partial charge in [0, 0.05) is 23.3 Å². The van der Waals surface area contributed by atoms with Crippen LogP contribution < -0.4 is 5.32 Å². The Morgan fingerprint density at radius 1 is 1.29 bits per heavy atom. The molecule has 1 heterocycles. The highest BCUT2D eigenvalue weighted by Gasteiger charge is 2.18. The Labute approximate surface area is 121 Å². The first kappa shape index (κ1) is 14.8. The number of fused-ring (bicyclic) bond motifs is 1. The minimum Gasteiger partial charge on any atom is -0.478 e. The lowest BCUT2D eigenvalue weighted by Gasteiger charge is -2.13. The van der Waals surface area contributed by atoms with Gasteiger partial charge < -0.3 is 15.4 Å². The molecule has 6 nitrogen and oxygen atoms in total. The van der Waals surface area contributed by atoms with Crippen LogP contribution in [0.5, 0.6) is 0 Å². The maximum Gasteiger partial charge on any atom is 0.328 e. The molecular weight excluding hydrogens is 270 g/mol. The molecule has 0 spiro atoms. The number of aromatic nitrogens is 2. The summed E-state index contributed by atoms with van der Waals surface area (Å²) in [5.74, 6) is -0.789. The second-order valence-electron chi connectivity index (χ2n) is 5.73. The third-order valence-electron chi connectivity index (χ3n) is 2.84. The Hall–Kier alpha value is -2.63. The molecule has 0 radical (unpaired) electrons. The summed E-state index contributed by atoms with van der Waals surface area (Å²) in [5, 5.41) is 11.1. The van der Waals surface area contributed by atoms with Gasteiger partial charge in [-0.25, -0.2) is 9.78 Å². The monoisotopic (exact) mass is 287 g/mol. The first-order chi connectivity index (χ1) is 9.75. The van der Waals surface area contributed by atoms with E-state index in [4.69, 9.17) is 5.11 Å². The molecule has 1 aromatic heterocycles. The average Bonchev–Trinajstić information content (AvgIpc) is 2.79. The van der Waals surface area contributed by atoms with Gasteiger partial charge in [-0.2, -0.15) is 0 Å². The van der Waals surface area contributed by atoms with Crippen LogP contribution in [-0.4, -0.2) is 27.0 Å². The van der Waals surface area contributed by atoms with Gasteiger partial charge in [0.15, 0.2) is 0 Å². The fourth-order valence-corrected chi connectivity index (χ4v) is 1.77. The van der Waals surface area contributed by atoms with E-state index in [1.54, 1.807) is 18.2 Å². The zero-order chi connectivity index (χ0) is 15.6. The van der Waals surface area contributed by atoms with E-state index in [0.717, 1.165) is 29.0 Å². The lowest BCUT2D eigenvalue weighted by molar-refractivity contribution is -0.131. The Kier molecular flexibility index (Phi) is 3.80. The predicted octanol–water partition coefficient (Wildman–Crippen LogP) is 2.44. The van der Waals surface area contributed by atoms with Gasteiger partial charge in [0.1, 0.15) is 5.82 Å². The number of carbonyl (C=O) groups excluding carboxylic acids is 1. The molecule has 2 rings (SSSR count). The Balaban J connectivity index is 2.23. The van der Waals surface area contributed by atoms with Gasteiger partial charge in [-0.05, 0) is 18.2 Å². The van der Waals surface area contributed by atoms with Crippen LogP contribution in [-0.2, 0) is 15.0 Å². The first-order valence-electron chi connectivity index (χ1n) is 6.48. The van der Waals surface area contributed by atoms with Gasteiger partial charge in [0.2, 0.25) is 5.91 Å². The molecule has 1 aromatic carbocycles. The van der Waals surface area contributed by atoms with Crippen molar-refractivity contribution in [2.75, 3.05) is 5.32 Å². The fraction of sp³-hybridized carbons (Fsp3) is 0.267. The van der Waals surface area contributed by atoms with E-state index in [1.165, 1.54) is 0 Å². The van der Waals surface area contributed by atoms with E-state index in [9.17, 15) is 9.59 Å². The van der Waals surface area contributed by atoms with E-state index >= 15 is 0 Å². The number of hydrogen-bond acceptors (Lipinski definition) is 3. The molecule has 0 unspecified atom stereocenters. The zero-order valence-corrected chi connectivity index (χ0v) is 12.1. The molecule has 0 saturated carbocycles. The number of nitrogens with zero attached hydrogens (tertiary/aromatic N) is 1. The summed E-state index contributed by atoms with van der Waals surface area (Å²) >= 11 is 0. The smallest absolute Gasteiger partial charge is 0.328 e. The summed E-state index contributed by atoms with van der Waals surface area (Å²) < 4.78 is 0. The van der Waals surface area contributed by atoms with Crippen molar-refractivity contribution in [1.29, 1.82) is 0 Å². The van der Waals surface area contributed by atoms with E-state index < -0.39 is 11.9 Å². The summed E-state index contributed by atoms with van der Waals surface area (Å²) in [6, 6.07) is 5.30. The van der Waals surface area contributed by atoms with E-state index in [-0.39, 0.29) is 5.41 Å². The number of carboxylic acid groups (broad SMARTS) is 1. The Morgan fingerprint density at radius 2 is 2.00 bits per heavy atom. The predicted molar refractivity (Wildman–Crippen MR) is 80.2 cm³/mol. The van der Waals surface area contributed by atoms with Crippen LogP contribution in [0.3, 0.4) is 0 Å². The van der Waals surface area contributed by atoms with Crippen LogP contribution in [0.2, 0.25) is 0 Å². The van der Waals surface area contributed by atoms with Crippen LogP contribution in [0.15, 0.2) is 30.4 Å². The van der Waals surface area contributed by atoms with Crippen LogP contribution >= 0.6 is 0 Å². The summed E-state index contributed by atoms with van der Waals surface area (Å²) in [4.78, 5) is 29.6. The molecule has 0 bridgehead atoms. The normalized spacial score (nSPS) is 12.0. The van der Waals surface area contributed by atoms with Crippen LogP contribution in [0.4, 0.5) is 5.69 Å². The number of aliphatic carboxylic acids is 1. The van der Waals surface area contributed by atoms with Gasteiger partial charge in [-0.15, -0.1) is 0 Å². The van der Waals surface area contributed by atoms with Gasteiger partial charge >= 0.3 is 5.97 Å². The number of imidazole rings is 1. The van der Waals surface area contributed by atoms with Crippen LogP contribution in [0, 0.1) is 0 Å². The number of rotatable bonds is 3. The molecule has 0 fully saturated rings.